The smallest absolute Gasteiger partial charge is 0.326 e. The van der Waals surface area contributed by atoms with Crippen LogP contribution in [0.3, 0.4) is 0 Å². The number of rotatable bonds is 13. The summed E-state index contributed by atoms with van der Waals surface area (Å²) in [5, 5.41) is 14.3. The molecule has 0 spiro atoms. The summed E-state index contributed by atoms with van der Waals surface area (Å²) in [6.45, 7) is 0.203. The molecular weight excluding hydrogens is 406 g/mol. The first-order valence-electron chi connectivity index (χ1n) is 9.57. The van der Waals surface area contributed by atoms with Crippen molar-refractivity contribution in [2.24, 2.45) is 27.9 Å². The Kier molecular flexibility index (Phi) is 10.5. The van der Waals surface area contributed by atoms with Gasteiger partial charge in [0.25, 0.3) is 0 Å². The van der Waals surface area contributed by atoms with Crippen LogP contribution in [0.25, 0.3) is 0 Å². The van der Waals surface area contributed by atoms with Gasteiger partial charge in [0.05, 0.1) is 12.5 Å². The number of nitrogens with one attached hydrogen (secondary N) is 2. The van der Waals surface area contributed by atoms with Crippen molar-refractivity contribution in [2.45, 2.75) is 43.8 Å². The summed E-state index contributed by atoms with van der Waals surface area (Å²) < 4.78 is 0. The molecule has 0 heterocycles. The fourth-order valence-corrected chi connectivity index (χ4v) is 2.68. The summed E-state index contributed by atoms with van der Waals surface area (Å²) in [6, 6.07) is 5.24. The first-order chi connectivity index (χ1) is 14.6. The summed E-state index contributed by atoms with van der Waals surface area (Å²) in [5.74, 6) is -3.59. The number of nitrogens with zero attached hydrogens (tertiary/aromatic N) is 1. The summed E-state index contributed by atoms with van der Waals surface area (Å²) in [4.78, 5) is 51.4. The number of carboxylic acid groups (broad SMARTS) is 1. The number of nitrogens with two attached hydrogens (primary N) is 4. The Hall–Kier alpha value is -3.67. The SMILES string of the molecule is NC(=O)CC(N)C(=O)NC(Cc1ccccc1)C(=O)NC(CCCN=C(N)N)C(=O)O. The van der Waals surface area contributed by atoms with E-state index in [-0.39, 0.29) is 25.3 Å². The van der Waals surface area contributed by atoms with E-state index in [0.717, 1.165) is 5.56 Å². The quantitative estimate of drug-likeness (QED) is 0.0995. The van der Waals surface area contributed by atoms with E-state index in [1.807, 2.05) is 0 Å². The normalized spacial score (nSPS) is 13.3. The second kappa shape index (κ2) is 12.8. The average molecular weight is 435 g/mol. The maximum Gasteiger partial charge on any atom is 0.326 e. The maximum absolute atomic E-state index is 12.8. The number of hydrogen-bond acceptors (Lipinski definition) is 6. The third-order valence-corrected chi connectivity index (χ3v) is 4.23. The Morgan fingerprint density at radius 2 is 1.58 bits per heavy atom. The predicted molar refractivity (Wildman–Crippen MR) is 113 cm³/mol. The molecule has 11 N–H and O–H groups in total. The molecule has 1 aromatic carbocycles. The molecule has 1 rings (SSSR count). The minimum atomic E-state index is -1.24. The minimum absolute atomic E-state index is 0.0745. The van der Waals surface area contributed by atoms with E-state index in [4.69, 9.17) is 22.9 Å². The van der Waals surface area contributed by atoms with Crippen molar-refractivity contribution in [1.29, 1.82) is 0 Å². The minimum Gasteiger partial charge on any atom is -0.480 e. The van der Waals surface area contributed by atoms with Crippen LogP contribution in [0.1, 0.15) is 24.8 Å². The molecule has 0 bridgehead atoms. The molecule has 0 saturated carbocycles. The van der Waals surface area contributed by atoms with E-state index in [0.29, 0.717) is 6.42 Å². The molecule has 170 valence electrons. The van der Waals surface area contributed by atoms with Crippen molar-refractivity contribution in [3.63, 3.8) is 0 Å². The van der Waals surface area contributed by atoms with Gasteiger partial charge in [-0.05, 0) is 18.4 Å². The number of primary amides is 1. The first-order valence-corrected chi connectivity index (χ1v) is 9.57. The number of benzene rings is 1. The topological polar surface area (TPSA) is 229 Å². The van der Waals surface area contributed by atoms with Crippen LogP contribution in [-0.4, -0.2) is 59.4 Å². The van der Waals surface area contributed by atoms with Crippen LogP contribution < -0.4 is 33.6 Å². The highest BCUT2D eigenvalue weighted by Crippen LogP contribution is 2.06. The zero-order chi connectivity index (χ0) is 23.4. The Labute approximate surface area is 179 Å². The Balaban J connectivity index is 2.89. The van der Waals surface area contributed by atoms with Crippen LogP contribution in [0.2, 0.25) is 0 Å². The zero-order valence-electron chi connectivity index (χ0n) is 17.0. The molecule has 3 unspecified atom stereocenters. The van der Waals surface area contributed by atoms with E-state index in [9.17, 15) is 24.3 Å². The largest absolute Gasteiger partial charge is 0.480 e. The third-order valence-electron chi connectivity index (χ3n) is 4.23. The number of carbonyl (C=O) groups is 4. The number of guanidine groups is 1. The van der Waals surface area contributed by atoms with Crippen LogP contribution in [0.15, 0.2) is 35.3 Å². The number of aliphatic imine (C=N–C) groups is 1. The molecule has 0 fully saturated rings. The standard InChI is InChI=1S/C19H29N7O5/c20-12(10-15(21)27)16(28)26-14(9-11-5-2-1-3-6-11)17(29)25-13(18(30)31)7-4-8-24-19(22)23/h1-3,5-6,12-14H,4,7-10,20H2,(H2,21,27)(H,25,29)(H,26,28)(H,30,31)(H4,22,23,24). The number of carboxylic acids is 1. The van der Waals surface area contributed by atoms with Gasteiger partial charge in [0.15, 0.2) is 5.96 Å². The third kappa shape index (κ3) is 10.1. The molecule has 3 amide bonds. The second-order valence-corrected chi connectivity index (χ2v) is 6.88. The predicted octanol–water partition coefficient (Wildman–Crippen LogP) is -2.46. The number of aliphatic carboxylic acids is 1. The highest BCUT2D eigenvalue weighted by molar-refractivity contribution is 5.93. The summed E-state index contributed by atoms with van der Waals surface area (Å²) >= 11 is 0. The molecular formula is C19H29N7O5. The van der Waals surface area contributed by atoms with Crippen molar-refractivity contribution in [1.82, 2.24) is 10.6 Å². The van der Waals surface area contributed by atoms with Crippen molar-refractivity contribution in [2.75, 3.05) is 6.54 Å². The molecule has 0 aliphatic heterocycles. The van der Waals surface area contributed by atoms with Gasteiger partial charge in [-0.25, -0.2) is 4.79 Å². The molecule has 3 atom stereocenters. The van der Waals surface area contributed by atoms with E-state index in [1.54, 1.807) is 30.3 Å². The molecule has 12 heteroatoms. The van der Waals surface area contributed by atoms with Crippen LogP contribution in [0.5, 0.6) is 0 Å². The Morgan fingerprint density at radius 1 is 0.968 bits per heavy atom. The summed E-state index contributed by atoms with van der Waals surface area (Å²) in [7, 11) is 0. The number of carbonyl (C=O) groups excluding carboxylic acids is 3. The molecule has 31 heavy (non-hydrogen) atoms. The van der Waals surface area contributed by atoms with Gasteiger partial charge in [0, 0.05) is 13.0 Å². The lowest BCUT2D eigenvalue weighted by Gasteiger charge is -2.23. The van der Waals surface area contributed by atoms with Crippen molar-refractivity contribution in [3.8, 4) is 0 Å². The van der Waals surface area contributed by atoms with Crippen molar-refractivity contribution in [3.05, 3.63) is 35.9 Å². The molecule has 12 nitrogen and oxygen atoms in total. The van der Waals surface area contributed by atoms with E-state index < -0.39 is 48.2 Å². The monoisotopic (exact) mass is 435 g/mol. The van der Waals surface area contributed by atoms with Crippen LogP contribution in [-0.2, 0) is 25.6 Å². The maximum atomic E-state index is 12.8. The van der Waals surface area contributed by atoms with Gasteiger partial charge in [-0.3, -0.25) is 19.4 Å². The zero-order valence-corrected chi connectivity index (χ0v) is 17.0. The molecule has 0 radical (unpaired) electrons. The van der Waals surface area contributed by atoms with Gasteiger partial charge in [-0.15, -0.1) is 0 Å². The molecule has 0 aliphatic rings. The highest BCUT2D eigenvalue weighted by atomic mass is 16.4. The van der Waals surface area contributed by atoms with Gasteiger partial charge < -0.3 is 38.7 Å². The molecule has 0 aliphatic carbocycles. The highest BCUT2D eigenvalue weighted by Gasteiger charge is 2.28. The van der Waals surface area contributed by atoms with Crippen LogP contribution in [0.4, 0.5) is 0 Å². The fourth-order valence-electron chi connectivity index (χ4n) is 2.68. The van der Waals surface area contributed by atoms with E-state index in [2.05, 4.69) is 15.6 Å². The lowest BCUT2D eigenvalue weighted by molar-refractivity contribution is -0.142. The van der Waals surface area contributed by atoms with Gasteiger partial charge in [0.1, 0.15) is 12.1 Å². The molecule has 0 aromatic heterocycles. The first kappa shape index (κ1) is 25.4. The molecule has 0 saturated heterocycles. The van der Waals surface area contributed by atoms with E-state index in [1.165, 1.54) is 0 Å². The number of amides is 3. The number of hydrogen-bond donors (Lipinski definition) is 7. The van der Waals surface area contributed by atoms with Gasteiger partial charge in [-0.2, -0.15) is 0 Å². The van der Waals surface area contributed by atoms with E-state index >= 15 is 0 Å². The Bertz CT molecular complexity index is 796. The van der Waals surface area contributed by atoms with Crippen LogP contribution >= 0.6 is 0 Å². The molecule has 1 aromatic rings. The van der Waals surface area contributed by atoms with Gasteiger partial charge in [-0.1, -0.05) is 30.3 Å². The lowest BCUT2D eigenvalue weighted by Crippen LogP contribution is -2.55. The second-order valence-electron chi connectivity index (χ2n) is 6.88. The van der Waals surface area contributed by atoms with Crippen molar-refractivity contribution >= 4 is 29.7 Å². The van der Waals surface area contributed by atoms with Gasteiger partial charge >= 0.3 is 5.97 Å². The lowest BCUT2D eigenvalue weighted by atomic mass is 10.0. The van der Waals surface area contributed by atoms with Crippen molar-refractivity contribution < 1.29 is 24.3 Å². The van der Waals surface area contributed by atoms with Crippen LogP contribution in [0, 0.1) is 0 Å². The Morgan fingerprint density at radius 3 is 2.13 bits per heavy atom. The average Bonchev–Trinajstić information content (AvgIpc) is 2.69. The fraction of sp³-hybridized carbons (Fsp3) is 0.421. The summed E-state index contributed by atoms with van der Waals surface area (Å²) in [5.41, 5.74) is 21.9. The summed E-state index contributed by atoms with van der Waals surface area (Å²) in [6.07, 6.45) is 0.0789. The van der Waals surface area contributed by atoms with Gasteiger partial charge in [0.2, 0.25) is 17.7 Å².